The van der Waals surface area contributed by atoms with Crippen LogP contribution in [0.5, 0.6) is 5.75 Å². The number of fused-ring (bicyclic) bond motifs is 1. The number of hydrogen-bond acceptors (Lipinski definition) is 6. The van der Waals surface area contributed by atoms with Crippen LogP contribution in [0.2, 0.25) is 0 Å². The van der Waals surface area contributed by atoms with Crippen LogP contribution >= 0.6 is 11.3 Å². The molecule has 0 spiro atoms. The molecule has 0 saturated carbocycles. The van der Waals surface area contributed by atoms with E-state index in [1.54, 1.807) is 18.4 Å². The van der Waals surface area contributed by atoms with E-state index in [4.69, 9.17) is 19.8 Å². The minimum Gasteiger partial charge on any atom is -0.497 e. The third-order valence-corrected chi connectivity index (χ3v) is 6.66. The molecule has 0 bridgehead atoms. The number of thiazole rings is 1. The molecule has 0 atom stereocenters. The van der Waals surface area contributed by atoms with E-state index in [0.717, 1.165) is 63.5 Å². The first-order chi connectivity index (χ1) is 17.3. The minimum absolute atomic E-state index is 0.635. The smallest absolute Gasteiger partial charge is 0.208 e. The van der Waals surface area contributed by atoms with Gasteiger partial charge in [0.15, 0.2) is 5.82 Å². The summed E-state index contributed by atoms with van der Waals surface area (Å²) in [5, 5.41) is 6.96. The van der Waals surface area contributed by atoms with E-state index in [1.807, 2.05) is 66.7 Å². The largest absolute Gasteiger partial charge is 0.497 e. The zero-order valence-electron chi connectivity index (χ0n) is 19.8. The average molecular weight is 482 g/mol. The Morgan fingerprint density at radius 3 is 2.31 bits per heavy atom. The van der Waals surface area contributed by atoms with Gasteiger partial charge in [0.2, 0.25) is 4.80 Å². The molecule has 35 heavy (non-hydrogen) atoms. The summed E-state index contributed by atoms with van der Waals surface area (Å²) in [7, 11) is 1.68. The number of benzene rings is 3. The highest BCUT2D eigenvalue weighted by Gasteiger charge is 2.12. The summed E-state index contributed by atoms with van der Waals surface area (Å²) < 4.78 is 7.59. The molecule has 2 aromatic heterocycles. The number of methoxy groups -OCH3 is 1. The van der Waals surface area contributed by atoms with Crippen LogP contribution in [0, 0.1) is 0 Å². The highest BCUT2D eigenvalue weighted by molar-refractivity contribution is 7.07. The van der Waals surface area contributed by atoms with E-state index in [9.17, 15) is 0 Å². The summed E-state index contributed by atoms with van der Waals surface area (Å²) in [5.74, 6) is 1.48. The van der Waals surface area contributed by atoms with E-state index in [1.165, 1.54) is 0 Å². The summed E-state index contributed by atoms with van der Waals surface area (Å²) >= 11 is 1.61. The van der Waals surface area contributed by atoms with Gasteiger partial charge in [-0.1, -0.05) is 55.8 Å². The second kappa shape index (κ2) is 10.5. The van der Waals surface area contributed by atoms with Gasteiger partial charge in [0, 0.05) is 17.5 Å². The summed E-state index contributed by atoms with van der Waals surface area (Å²) in [6.45, 7) is 3.09. The Balaban J connectivity index is 1.57. The van der Waals surface area contributed by atoms with E-state index in [-0.39, 0.29) is 0 Å². The van der Waals surface area contributed by atoms with Crippen LogP contribution in [0.1, 0.15) is 19.8 Å². The van der Waals surface area contributed by atoms with Gasteiger partial charge in [0.05, 0.1) is 23.8 Å². The van der Waals surface area contributed by atoms with Crippen molar-refractivity contribution >= 4 is 28.2 Å². The zero-order chi connectivity index (χ0) is 24.0. The quantitative estimate of drug-likeness (QED) is 0.255. The first-order valence-electron chi connectivity index (χ1n) is 11.7. The normalized spacial score (nSPS) is 11.7. The van der Waals surface area contributed by atoms with Gasteiger partial charge in [-0.25, -0.2) is 9.97 Å². The van der Waals surface area contributed by atoms with E-state index in [2.05, 4.69) is 34.4 Å². The van der Waals surface area contributed by atoms with Crippen molar-refractivity contribution in [3.05, 3.63) is 89.0 Å². The molecular formula is C28H27N5OS. The minimum atomic E-state index is 0.635. The molecular weight excluding hydrogens is 454 g/mol. The van der Waals surface area contributed by atoms with Crippen molar-refractivity contribution < 1.29 is 4.74 Å². The van der Waals surface area contributed by atoms with Crippen molar-refractivity contribution in [1.82, 2.24) is 14.5 Å². The Hall–Kier alpha value is -3.97. The van der Waals surface area contributed by atoms with Gasteiger partial charge >= 0.3 is 0 Å². The third-order valence-electron chi connectivity index (χ3n) is 5.79. The molecule has 5 rings (SSSR count). The zero-order valence-corrected chi connectivity index (χ0v) is 20.6. The predicted octanol–water partition coefficient (Wildman–Crippen LogP) is 6.56. The van der Waals surface area contributed by atoms with Gasteiger partial charge in [-0.2, -0.15) is 0 Å². The highest BCUT2D eigenvalue weighted by atomic mass is 32.1. The Kier molecular flexibility index (Phi) is 6.86. The lowest BCUT2D eigenvalue weighted by Crippen LogP contribution is -2.18. The number of rotatable bonds is 8. The second-order valence-electron chi connectivity index (χ2n) is 8.14. The van der Waals surface area contributed by atoms with Gasteiger partial charge in [-0.05, 0) is 48.4 Å². The molecule has 3 aromatic carbocycles. The summed E-state index contributed by atoms with van der Waals surface area (Å²) in [6.07, 6.45) is 2.17. The average Bonchev–Trinajstić information content (AvgIpc) is 3.33. The van der Waals surface area contributed by atoms with Crippen LogP contribution in [0.3, 0.4) is 0 Å². The van der Waals surface area contributed by atoms with E-state index in [0.29, 0.717) is 5.82 Å². The maximum Gasteiger partial charge on any atom is 0.208 e. The third kappa shape index (κ3) is 4.95. The summed E-state index contributed by atoms with van der Waals surface area (Å²) in [5.41, 5.74) is 8.97. The van der Waals surface area contributed by atoms with Gasteiger partial charge in [-0.3, -0.25) is 5.43 Å². The van der Waals surface area contributed by atoms with Crippen LogP contribution in [0.4, 0.5) is 5.82 Å². The van der Waals surface area contributed by atoms with Crippen LogP contribution in [0.25, 0.3) is 33.5 Å². The molecule has 5 aromatic rings. The molecule has 1 N–H and O–H groups in total. The van der Waals surface area contributed by atoms with Crippen molar-refractivity contribution in [3.63, 3.8) is 0 Å². The number of anilines is 1. The van der Waals surface area contributed by atoms with Crippen LogP contribution < -0.4 is 15.0 Å². The lowest BCUT2D eigenvalue weighted by atomic mass is 10.1. The van der Waals surface area contributed by atoms with Crippen LogP contribution in [-0.2, 0) is 6.54 Å². The number of unbranched alkanes of at least 4 members (excludes halogenated alkanes) is 1. The molecule has 0 amide bonds. The van der Waals surface area contributed by atoms with Crippen LogP contribution in [0.15, 0.2) is 89.3 Å². The summed E-state index contributed by atoms with van der Waals surface area (Å²) in [6, 6.07) is 26.1. The maximum absolute atomic E-state index is 5.33. The molecule has 0 fully saturated rings. The molecule has 0 aliphatic rings. The molecule has 2 heterocycles. The monoisotopic (exact) mass is 481 g/mol. The Labute approximate surface area is 208 Å². The number of nitrogens with zero attached hydrogens (tertiary/aromatic N) is 4. The summed E-state index contributed by atoms with van der Waals surface area (Å²) in [4.78, 5) is 10.6. The van der Waals surface area contributed by atoms with Crippen molar-refractivity contribution in [2.24, 2.45) is 5.10 Å². The SMILES string of the molecule is CCCCn1c(-c2ccc(OC)cc2)cs/c1=N/Nc1nc2ccccc2nc1-c1ccccc1. The standard InChI is InChI=1S/C28H27N5OS/c1-3-4-18-33-25(20-14-16-22(34-2)17-15-20)19-35-28(33)32-31-27-26(21-10-6-5-7-11-21)29-23-12-8-9-13-24(23)30-27/h5-17,19H,3-4,18H2,1-2H3,(H,30,31)/b32-28+. The second-order valence-corrected chi connectivity index (χ2v) is 8.97. The Bertz CT molecular complexity index is 1490. The molecule has 176 valence electrons. The van der Waals surface area contributed by atoms with Crippen molar-refractivity contribution in [3.8, 4) is 28.3 Å². The lowest BCUT2D eigenvalue weighted by Gasteiger charge is -2.11. The lowest BCUT2D eigenvalue weighted by molar-refractivity contribution is 0.415. The molecule has 6 nitrogen and oxygen atoms in total. The topological polar surface area (TPSA) is 64.3 Å². The fraction of sp³-hybridized carbons (Fsp3) is 0.179. The van der Waals surface area contributed by atoms with E-state index < -0.39 is 0 Å². The predicted molar refractivity (Wildman–Crippen MR) is 143 cm³/mol. The van der Waals surface area contributed by atoms with Crippen molar-refractivity contribution in [1.29, 1.82) is 0 Å². The maximum atomic E-state index is 5.33. The highest BCUT2D eigenvalue weighted by Crippen LogP contribution is 2.27. The van der Waals surface area contributed by atoms with Crippen molar-refractivity contribution in [2.45, 2.75) is 26.3 Å². The number of para-hydroxylation sites is 2. The van der Waals surface area contributed by atoms with Crippen LogP contribution in [-0.4, -0.2) is 21.6 Å². The van der Waals surface area contributed by atoms with E-state index >= 15 is 0 Å². The fourth-order valence-electron chi connectivity index (χ4n) is 3.92. The van der Waals surface area contributed by atoms with Gasteiger partial charge in [0.25, 0.3) is 0 Å². The Morgan fingerprint density at radius 1 is 0.886 bits per heavy atom. The molecule has 7 heteroatoms. The fourth-order valence-corrected chi connectivity index (χ4v) is 4.82. The van der Waals surface area contributed by atoms with Crippen molar-refractivity contribution in [2.75, 3.05) is 12.5 Å². The molecule has 0 unspecified atom stereocenters. The van der Waals surface area contributed by atoms with Gasteiger partial charge in [-0.15, -0.1) is 16.4 Å². The number of aromatic nitrogens is 3. The Morgan fingerprint density at radius 2 is 1.60 bits per heavy atom. The number of hydrogen-bond donors (Lipinski definition) is 1. The number of nitrogens with one attached hydrogen (secondary N) is 1. The first-order valence-corrected chi connectivity index (χ1v) is 12.6. The molecule has 0 aliphatic heterocycles. The van der Waals surface area contributed by atoms with Gasteiger partial charge in [0.1, 0.15) is 11.4 Å². The van der Waals surface area contributed by atoms with Gasteiger partial charge < -0.3 is 9.30 Å². The first kappa shape index (κ1) is 22.8. The molecule has 0 saturated heterocycles. The number of ether oxygens (including phenoxy) is 1. The molecule has 0 aliphatic carbocycles. The molecule has 0 radical (unpaired) electrons.